The lowest BCUT2D eigenvalue weighted by Gasteiger charge is -2.17. The predicted octanol–water partition coefficient (Wildman–Crippen LogP) is 4.15. The largest absolute Gasteiger partial charge is 0.497 e. The summed E-state index contributed by atoms with van der Waals surface area (Å²) in [7, 11) is 3.18. The van der Waals surface area contributed by atoms with Crippen LogP contribution in [-0.4, -0.2) is 19.3 Å². The van der Waals surface area contributed by atoms with E-state index in [0.29, 0.717) is 17.1 Å². The third-order valence-electron chi connectivity index (χ3n) is 2.99. The molecule has 1 N–H and O–H groups in total. The summed E-state index contributed by atoms with van der Waals surface area (Å²) >= 11 is 5.64. The Labute approximate surface area is 140 Å². The lowest BCUT2D eigenvalue weighted by atomic mass is 10.0. The number of aliphatic hydroxyl groups excluding tert-OH is 1. The Bertz CT molecular complexity index is 616. The van der Waals surface area contributed by atoms with Crippen LogP contribution < -0.4 is 9.47 Å². The van der Waals surface area contributed by atoms with Gasteiger partial charge in [-0.2, -0.15) is 0 Å². The third-order valence-corrected chi connectivity index (χ3v) is 4.46. The van der Waals surface area contributed by atoms with Gasteiger partial charge in [-0.25, -0.2) is 0 Å². The van der Waals surface area contributed by atoms with Gasteiger partial charge in [-0.15, -0.1) is 0 Å². The summed E-state index contributed by atoms with van der Waals surface area (Å²) in [5.41, 5.74) is 1.55. The highest BCUT2D eigenvalue weighted by Gasteiger charge is 2.18. The summed E-state index contributed by atoms with van der Waals surface area (Å²) in [4.78, 5) is 0. The molecule has 0 saturated heterocycles. The Morgan fingerprint density at radius 3 is 2.45 bits per heavy atom. The molecular formula is C15H14BrIO3. The van der Waals surface area contributed by atoms with Crippen molar-refractivity contribution in [3.05, 3.63) is 55.6 Å². The molecule has 20 heavy (non-hydrogen) atoms. The number of hydrogen-bond donors (Lipinski definition) is 1. The molecule has 0 aliphatic rings. The lowest BCUT2D eigenvalue weighted by molar-refractivity contribution is 0.213. The molecule has 2 aromatic rings. The molecule has 0 aliphatic carbocycles. The molecule has 5 heteroatoms. The Kier molecular flexibility index (Phi) is 5.29. The standard InChI is InChI=1S/C15H14BrIO3/c1-19-10-4-5-11(14(8-10)20-2)15(18)12-7-9(16)3-6-13(12)17/h3-8,15,18H,1-2H3. The zero-order valence-corrected chi connectivity index (χ0v) is 14.8. The van der Waals surface area contributed by atoms with E-state index in [0.717, 1.165) is 13.6 Å². The minimum atomic E-state index is -0.750. The SMILES string of the molecule is COc1ccc(C(O)c2cc(Br)ccc2I)c(OC)c1. The highest BCUT2D eigenvalue weighted by molar-refractivity contribution is 14.1. The van der Waals surface area contributed by atoms with Gasteiger partial charge >= 0.3 is 0 Å². The number of benzene rings is 2. The highest BCUT2D eigenvalue weighted by Crippen LogP contribution is 2.35. The molecule has 3 nitrogen and oxygen atoms in total. The van der Waals surface area contributed by atoms with Crippen LogP contribution in [0.4, 0.5) is 0 Å². The van der Waals surface area contributed by atoms with E-state index in [1.54, 1.807) is 20.3 Å². The first-order chi connectivity index (χ1) is 9.56. The van der Waals surface area contributed by atoms with E-state index >= 15 is 0 Å². The fourth-order valence-electron chi connectivity index (χ4n) is 1.94. The fraction of sp³-hybridized carbons (Fsp3) is 0.200. The second-order valence-electron chi connectivity index (χ2n) is 4.18. The van der Waals surface area contributed by atoms with Gasteiger partial charge in [0.15, 0.2) is 0 Å². The number of rotatable bonds is 4. The van der Waals surface area contributed by atoms with Gasteiger partial charge in [0, 0.05) is 19.7 Å². The van der Waals surface area contributed by atoms with E-state index < -0.39 is 6.10 Å². The summed E-state index contributed by atoms with van der Waals surface area (Å²) in [6.45, 7) is 0. The summed E-state index contributed by atoms with van der Waals surface area (Å²) in [6, 6.07) is 11.2. The Balaban J connectivity index is 2.47. The second-order valence-corrected chi connectivity index (χ2v) is 6.25. The first kappa shape index (κ1) is 15.6. The number of hydrogen-bond acceptors (Lipinski definition) is 3. The van der Waals surface area contributed by atoms with Crippen LogP contribution in [0.3, 0.4) is 0 Å². The van der Waals surface area contributed by atoms with Crippen LogP contribution in [0.2, 0.25) is 0 Å². The quantitative estimate of drug-likeness (QED) is 0.714. The van der Waals surface area contributed by atoms with Crippen molar-refractivity contribution in [1.82, 2.24) is 0 Å². The van der Waals surface area contributed by atoms with Gasteiger partial charge in [0.1, 0.15) is 17.6 Å². The van der Waals surface area contributed by atoms with E-state index in [4.69, 9.17) is 9.47 Å². The maximum atomic E-state index is 10.6. The number of aliphatic hydroxyl groups is 1. The molecule has 0 bridgehead atoms. The first-order valence-electron chi connectivity index (χ1n) is 5.91. The van der Waals surface area contributed by atoms with Crippen LogP contribution in [0, 0.1) is 3.57 Å². The number of methoxy groups -OCH3 is 2. The van der Waals surface area contributed by atoms with Crippen LogP contribution in [0.25, 0.3) is 0 Å². The molecule has 0 aliphatic heterocycles. The van der Waals surface area contributed by atoms with E-state index in [1.165, 1.54) is 0 Å². The van der Waals surface area contributed by atoms with Crippen molar-refractivity contribution in [3.63, 3.8) is 0 Å². The van der Waals surface area contributed by atoms with Gasteiger partial charge in [0.2, 0.25) is 0 Å². The number of ether oxygens (including phenoxy) is 2. The van der Waals surface area contributed by atoms with Gasteiger partial charge in [-0.3, -0.25) is 0 Å². The van der Waals surface area contributed by atoms with Gasteiger partial charge < -0.3 is 14.6 Å². The van der Waals surface area contributed by atoms with Crippen LogP contribution in [-0.2, 0) is 0 Å². The van der Waals surface area contributed by atoms with E-state index in [9.17, 15) is 5.11 Å². The fourth-order valence-corrected chi connectivity index (χ4v) is 2.95. The highest BCUT2D eigenvalue weighted by atomic mass is 127. The van der Waals surface area contributed by atoms with E-state index in [2.05, 4.69) is 38.5 Å². The monoisotopic (exact) mass is 448 g/mol. The smallest absolute Gasteiger partial charge is 0.128 e. The predicted molar refractivity (Wildman–Crippen MR) is 90.5 cm³/mol. The van der Waals surface area contributed by atoms with Crippen LogP contribution in [0.1, 0.15) is 17.2 Å². The number of halogens is 2. The van der Waals surface area contributed by atoms with E-state index in [-0.39, 0.29) is 0 Å². The molecule has 0 amide bonds. The van der Waals surface area contributed by atoms with E-state index in [1.807, 2.05) is 30.3 Å². The summed E-state index contributed by atoms with van der Waals surface area (Å²) in [5, 5.41) is 10.6. The van der Waals surface area contributed by atoms with Crippen molar-refractivity contribution in [2.45, 2.75) is 6.10 Å². The molecule has 2 rings (SSSR count). The van der Waals surface area contributed by atoms with Gasteiger partial charge in [0.25, 0.3) is 0 Å². The Hall–Kier alpha value is -0.790. The average molecular weight is 449 g/mol. The first-order valence-corrected chi connectivity index (χ1v) is 7.79. The van der Waals surface area contributed by atoms with Crippen molar-refractivity contribution < 1.29 is 14.6 Å². The molecular weight excluding hydrogens is 435 g/mol. The maximum absolute atomic E-state index is 10.6. The van der Waals surface area contributed by atoms with Gasteiger partial charge in [-0.05, 0) is 58.5 Å². The Morgan fingerprint density at radius 2 is 1.80 bits per heavy atom. The lowest BCUT2D eigenvalue weighted by Crippen LogP contribution is -2.04. The minimum absolute atomic E-state index is 0.604. The molecule has 1 unspecified atom stereocenters. The second kappa shape index (κ2) is 6.78. The Morgan fingerprint density at radius 1 is 1.05 bits per heavy atom. The molecule has 0 radical (unpaired) electrons. The third kappa shape index (κ3) is 3.27. The normalized spacial score (nSPS) is 12.1. The average Bonchev–Trinajstić information content (AvgIpc) is 2.48. The van der Waals surface area contributed by atoms with Crippen molar-refractivity contribution in [1.29, 1.82) is 0 Å². The van der Waals surface area contributed by atoms with Gasteiger partial charge in [-0.1, -0.05) is 15.9 Å². The minimum Gasteiger partial charge on any atom is -0.497 e. The molecule has 106 valence electrons. The van der Waals surface area contributed by atoms with Crippen molar-refractivity contribution in [2.24, 2.45) is 0 Å². The van der Waals surface area contributed by atoms with Crippen molar-refractivity contribution in [3.8, 4) is 11.5 Å². The molecule has 0 saturated carbocycles. The van der Waals surface area contributed by atoms with Gasteiger partial charge in [0.05, 0.1) is 14.2 Å². The molecule has 0 aromatic heterocycles. The maximum Gasteiger partial charge on any atom is 0.128 e. The van der Waals surface area contributed by atoms with Crippen LogP contribution in [0.15, 0.2) is 40.9 Å². The van der Waals surface area contributed by atoms with Crippen LogP contribution in [0.5, 0.6) is 11.5 Å². The summed E-state index contributed by atoms with van der Waals surface area (Å²) in [5.74, 6) is 1.30. The van der Waals surface area contributed by atoms with Crippen LogP contribution >= 0.6 is 38.5 Å². The molecule has 0 spiro atoms. The molecule has 2 aromatic carbocycles. The van der Waals surface area contributed by atoms with Crippen molar-refractivity contribution in [2.75, 3.05) is 14.2 Å². The molecule has 1 atom stereocenters. The topological polar surface area (TPSA) is 38.7 Å². The zero-order chi connectivity index (χ0) is 14.7. The summed E-state index contributed by atoms with van der Waals surface area (Å²) in [6.07, 6.45) is -0.750. The van der Waals surface area contributed by atoms with Crippen molar-refractivity contribution >= 4 is 38.5 Å². The molecule has 0 fully saturated rings. The zero-order valence-electron chi connectivity index (χ0n) is 11.1. The summed E-state index contributed by atoms with van der Waals surface area (Å²) < 4.78 is 12.4. The molecule has 0 heterocycles.